The van der Waals surface area contributed by atoms with Gasteiger partial charge >= 0.3 is 0 Å². The van der Waals surface area contributed by atoms with Crippen LogP contribution in [0.4, 0.5) is 11.6 Å². The molecule has 0 saturated heterocycles. The number of benzene rings is 1. The first-order valence-corrected chi connectivity index (χ1v) is 7.54. The molecule has 7 heteroatoms. The molecule has 0 aliphatic heterocycles. The lowest BCUT2D eigenvalue weighted by Gasteiger charge is -2.12. The van der Waals surface area contributed by atoms with Gasteiger partial charge in [-0.25, -0.2) is 4.98 Å². The number of nitrogens with two attached hydrogens (primary N) is 1. The monoisotopic (exact) mass is 280 g/mol. The van der Waals surface area contributed by atoms with Crippen molar-refractivity contribution < 1.29 is 4.21 Å². The number of nitrogen functional groups attached to an aromatic ring is 1. The summed E-state index contributed by atoms with van der Waals surface area (Å²) < 4.78 is 11.1. The van der Waals surface area contributed by atoms with Crippen LogP contribution >= 0.6 is 0 Å². The largest absolute Gasteiger partial charge is 0.399 e. The highest BCUT2D eigenvalue weighted by Gasteiger charge is 2.08. The molecule has 0 amide bonds. The number of nitrogens with zero attached hydrogens (tertiary/aromatic N) is 1. The molecule has 1 heterocycles. The SMILES string of the molecule is CC(CS(C)=O)Nc1nc2ccc(N)cc2c(=O)[nH]1. The van der Waals surface area contributed by atoms with Gasteiger partial charge in [-0.05, 0) is 25.1 Å². The summed E-state index contributed by atoms with van der Waals surface area (Å²) in [5, 5.41) is 3.49. The Kier molecular flexibility index (Phi) is 3.84. The molecule has 19 heavy (non-hydrogen) atoms. The van der Waals surface area contributed by atoms with E-state index in [1.807, 2.05) is 6.92 Å². The number of hydrogen-bond donors (Lipinski definition) is 3. The van der Waals surface area contributed by atoms with E-state index < -0.39 is 10.8 Å². The third-order valence-corrected chi connectivity index (χ3v) is 3.57. The number of nitrogens with one attached hydrogen (secondary N) is 2. The minimum absolute atomic E-state index is 0.0415. The van der Waals surface area contributed by atoms with Gasteiger partial charge in [0.15, 0.2) is 0 Å². The number of hydrogen-bond acceptors (Lipinski definition) is 5. The smallest absolute Gasteiger partial charge is 0.260 e. The molecular weight excluding hydrogens is 264 g/mol. The second-order valence-corrected chi connectivity index (χ2v) is 5.96. The molecule has 4 N–H and O–H groups in total. The Morgan fingerprint density at radius 1 is 1.53 bits per heavy atom. The third kappa shape index (κ3) is 3.31. The van der Waals surface area contributed by atoms with Crippen molar-refractivity contribution in [2.24, 2.45) is 0 Å². The maximum atomic E-state index is 11.9. The second kappa shape index (κ2) is 5.40. The third-order valence-electron chi connectivity index (χ3n) is 2.60. The van der Waals surface area contributed by atoms with Crippen LogP contribution in [0.3, 0.4) is 0 Å². The van der Waals surface area contributed by atoms with Crippen LogP contribution in [0.25, 0.3) is 10.9 Å². The first-order valence-electron chi connectivity index (χ1n) is 5.82. The van der Waals surface area contributed by atoms with E-state index >= 15 is 0 Å². The molecule has 0 aliphatic rings. The summed E-state index contributed by atoms with van der Waals surface area (Å²) in [5.41, 5.74) is 6.49. The summed E-state index contributed by atoms with van der Waals surface area (Å²) in [5.74, 6) is 0.865. The number of anilines is 2. The van der Waals surface area contributed by atoms with Crippen LogP contribution in [0.1, 0.15) is 6.92 Å². The van der Waals surface area contributed by atoms with Crippen molar-refractivity contribution >= 4 is 33.3 Å². The van der Waals surface area contributed by atoms with E-state index in [2.05, 4.69) is 15.3 Å². The molecule has 2 unspecified atom stereocenters. The molecule has 6 nitrogen and oxygen atoms in total. The molecule has 0 spiro atoms. The van der Waals surface area contributed by atoms with Crippen LogP contribution in [0, 0.1) is 0 Å². The minimum Gasteiger partial charge on any atom is -0.399 e. The maximum Gasteiger partial charge on any atom is 0.260 e. The highest BCUT2D eigenvalue weighted by atomic mass is 32.2. The van der Waals surface area contributed by atoms with Crippen LogP contribution in [0.15, 0.2) is 23.0 Å². The average Bonchev–Trinajstić information content (AvgIpc) is 2.29. The van der Waals surface area contributed by atoms with E-state index in [1.165, 1.54) is 0 Å². The molecular formula is C12H16N4O2S. The molecule has 0 aliphatic carbocycles. The van der Waals surface area contributed by atoms with Gasteiger partial charge in [0.25, 0.3) is 5.56 Å². The van der Waals surface area contributed by atoms with Gasteiger partial charge in [0.2, 0.25) is 5.95 Å². The van der Waals surface area contributed by atoms with Gasteiger partial charge in [-0.3, -0.25) is 14.0 Å². The van der Waals surface area contributed by atoms with Gasteiger partial charge < -0.3 is 11.1 Å². The Balaban J connectivity index is 2.33. The van der Waals surface area contributed by atoms with Crippen LogP contribution in [-0.2, 0) is 10.8 Å². The first-order chi connectivity index (χ1) is 8.95. The van der Waals surface area contributed by atoms with E-state index in [0.717, 1.165) is 0 Å². The van der Waals surface area contributed by atoms with Gasteiger partial charge in [0.05, 0.1) is 10.9 Å². The van der Waals surface area contributed by atoms with Crippen LogP contribution < -0.4 is 16.6 Å². The molecule has 2 atom stereocenters. The Morgan fingerprint density at radius 2 is 2.26 bits per heavy atom. The second-order valence-electron chi connectivity index (χ2n) is 4.48. The molecule has 0 radical (unpaired) electrons. The van der Waals surface area contributed by atoms with Crippen molar-refractivity contribution in [3.8, 4) is 0 Å². The zero-order valence-corrected chi connectivity index (χ0v) is 11.6. The lowest BCUT2D eigenvalue weighted by Crippen LogP contribution is -2.25. The molecule has 2 aromatic rings. The van der Waals surface area contributed by atoms with E-state index in [9.17, 15) is 9.00 Å². The van der Waals surface area contributed by atoms with Gasteiger partial charge in [-0.2, -0.15) is 0 Å². The average molecular weight is 280 g/mol. The van der Waals surface area contributed by atoms with Crippen LogP contribution in [-0.4, -0.2) is 32.2 Å². The van der Waals surface area contributed by atoms with Gasteiger partial charge in [0, 0.05) is 34.5 Å². The lowest BCUT2D eigenvalue weighted by atomic mass is 10.2. The van der Waals surface area contributed by atoms with Gasteiger partial charge in [0.1, 0.15) is 0 Å². The van der Waals surface area contributed by atoms with Crippen LogP contribution in [0.2, 0.25) is 0 Å². The van der Waals surface area contributed by atoms with Crippen molar-refractivity contribution in [2.45, 2.75) is 13.0 Å². The van der Waals surface area contributed by atoms with E-state index in [1.54, 1.807) is 24.5 Å². The van der Waals surface area contributed by atoms with Gasteiger partial charge in [-0.1, -0.05) is 0 Å². The fraction of sp³-hybridized carbons (Fsp3) is 0.333. The number of H-pyrrole nitrogens is 1. The van der Waals surface area contributed by atoms with E-state index in [0.29, 0.717) is 28.3 Å². The first kappa shape index (κ1) is 13.5. The zero-order valence-electron chi connectivity index (χ0n) is 10.8. The highest BCUT2D eigenvalue weighted by molar-refractivity contribution is 7.84. The Hall–Kier alpha value is -1.89. The Bertz CT molecular complexity index is 683. The summed E-state index contributed by atoms with van der Waals surface area (Å²) >= 11 is 0. The normalized spacial score (nSPS) is 14.2. The molecule has 2 rings (SSSR count). The predicted molar refractivity (Wildman–Crippen MR) is 78.8 cm³/mol. The summed E-state index contributed by atoms with van der Waals surface area (Å²) in [6, 6.07) is 4.95. The Morgan fingerprint density at radius 3 is 2.95 bits per heavy atom. The van der Waals surface area contributed by atoms with Crippen molar-refractivity contribution in [2.75, 3.05) is 23.1 Å². The quantitative estimate of drug-likeness (QED) is 0.715. The molecule has 1 aromatic carbocycles. The fourth-order valence-corrected chi connectivity index (χ4v) is 2.64. The number of rotatable bonds is 4. The number of fused-ring (bicyclic) bond motifs is 1. The van der Waals surface area contributed by atoms with E-state index in [-0.39, 0.29) is 11.6 Å². The minimum atomic E-state index is -0.904. The molecule has 0 bridgehead atoms. The zero-order chi connectivity index (χ0) is 14.0. The van der Waals surface area contributed by atoms with Crippen molar-refractivity contribution in [1.29, 1.82) is 0 Å². The van der Waals surface area contributed by atoms with E-state index in [4.69, 9.17) is 5.73 Å². The number of aromatic nitrogens is 2. The standard InChI is InChI=1S/C12H16N4O2S/c1-7(6-19(2)18)14-12-15-10-4-3-8(13)5-9(10)11(17)16-12/h3-5,7H,6,13H2,1-2H3,(H2,14,15,16,17). The molecule has 102 valence electrons. The molecule has 1 aromatic heterocycles. The van der Waals surface area contributed by atoms with Crippen molar-refractivity contribution in [3.63, 3.8) is 0 Å². The summed E-state index contributed by atoms with van der Waals surface area (Å²) in [6.07, 6.45) is 1.64. The predicted octanol–water partition coefficient (Wildman–Crippen LogP) is 0.684. The number of aromatic amines is 1. The molecule has 0 fully saturated rings. The maximum absolute atomic E-state index is 11.9. The molecule has 0 saturated carbocycles. The summed E-state index contributed by atoms with van der Waals surface area (Å²) in [4.78, 5) is 18.9. The van der Waals surface area contributed by atoms with Crippen molar-refractivity contribution in [1.82, 2.24) is 9.97 Å². The Labute approximate surface area is 112 Å². The topological polar surface area (TPSA) is 101 Å². The summed E-state index contributed by atoms with van der Waals surface area (Å²) in [6.45, 7) is 1.88. The lowest BCUT2D eigenvalue weighted by molar-refractivity contribution is 0.682. The fourth-order valence-electron chi connectivity index (χ4n) is 1.85. The van der Waals surface area contributed by atoms with Crippen molar-refractivity contribution in [3.05, 3.63) is 28.6 Å². The summed E-state index contributed by atoms with van der Waals surface area (Å²) in [7, 11) is -0.904. The highest BCUT2D eigenvalue weighted by Crippen LogP contribution is 2.13. The van der Waals surface area contributed by atoms with Crippen LogP contribution in [0.5, 0.6) is 0 Å². The van der Waals surface area contributed by atoms with Gasteiger partial charge in [-0.15, -0.1) is 0 Å².